The van der Waals surface area contributed by atoms with E-state index in [0.717, 1.165) is 21.9 Å². The summed E-state index contributed by atoms with van der Waals surface area (Å²) in [6, 6.07) is 8.68. The van der Waals surface area contributed by atoms with Crippen molar-refractivity contribution in [2.24, 2.45) is 0 Å². The van der Waals surface area contributed by atoms with Gasteiger partial charge in [-0.1, -0.05) is 12.1 Å². The van der Waals surface area contributed by atoms with Crippen LogP contribution in [-0.4, -0.2) is 26.7 Å². The highest BCUT2D eigenvalue weighted by Crippen LogP contribution is 2.12. The van der Waals surface area contributed by atoms with Gasteiger partial charge in [0.2, 0.25) is 5.95 Å². The molecule has 0 spiro atoms. The molecule has 22 heavy (non-hydrogen) atoms. The molecule has 2 aromatic heterocycles. The Kier molecular flexibility index (Phi) is 3.73. The molecule has 0 saturated heterocycles. The number of alkyl halides is 1. The van der Waals surface area contributed by atoms with E-state index in [1.165, 1.54) is 0 Å². The second-order valence-electron chi connectivity index (χ2n) is 4.63. The van der Waals surface area contributed by atoms with Gasteiger partial charge in [-0.25, -0.2) is 9.37 Å². The molecule has 8 heteroatoms. The van der Waals surface area contributed by atoms with Gasteiger partial charge in [0.15, 0.2) is 0 Å². The van der Waals surface area contributed by atoms with Gasteiger partial charge in [0, 0.05) is 12.6 Å². The van der Waals surface area contributed by atoms with Crippen LogP contribution in [0.15, 0.2) is 35.1 Å². The average molecular weight is 303 g/mol. The number of anilines is 1. The van der Waals surface area contributed by atoms with Gasteiger partial charge in [0.05, 0.1) is 12.8 Å². The van der Waals surface area contributed by atoms with E-state index in [0.29, 0.717) is 12.5 Å². The van der Waals surface area contributed by atoms with Gasteiger partial charge >= 0.3 is 0 Å². The maximum Gasteiger partial charge on any atom is 0.274 e. The highest BCUT2D eigenvalue weighted by atomic mass is 19.1. The molecule has 114 valence electrons. The number of ether oxygens (including phenoxy) is 1. The van der Waals surface area contributed by atoms with Crippen molar-refractivity contribution in [3.8, 4) is 5.75 Å². The molecule has 0 bridgehead atoms. The zero-order chi connectivity index (χ0) is 15.5. The highest BCUT2D eigenvalue weighted by Gasteiger charge is 2.07. The number of methoxy groups -OCH3 is 1. The van der Waals surface area contributed by atoms with Gasteiger partial charge in [-0.3, -0.25) is 9.89 Å². The summed E-state index contributed by atoms with van der Waals surface area (Å²) in [6.45, 7) is -0.290. The van der Waals surface area contributed by atoms with E-state index in [2.05, 4.69) is 20.4 Å². The van der Waals surface area contributed by atoms with Crippen LogP contribution < -0.4 is 15.6 Å². The minimum Gasteiger partial charge on any atom is -0.497 e. The SMILES string of the molecule is COc1ccc(CNc2nc3nc(CF)cc(=O)n3[nH]2)cc1. The van der Waals surface area contributed by atoms with E-state index in [1.807, 2.05) is 24.3 Å². The topological polar surface area (TPSA) is 84.3 Å². The second kappa shape index (κ2) is 5.84. The molecular formula is C14H14FN5O2. The van der Waals surface area contributed by atoms with Crippen LogP contribution in [0.1, 0.15) is 11.3 Å². The molecule has 0 unspecified atom stereocenters. The van der Waals surface area contributed by atoms with Crippen molar-refractivity contribution in [1.82, 2.24) is 19.6 Å². The van der Waals surface area contributed by atoms with E-state index in [4.69, 9.17) is 4.74 Å². The standard InChI is InChI=1S/C14H14FN5O2/c1-22-11-4-2-9(3-5-11)8-16-13-18-14-17-10(7-15)6-12(21)20(14)19-13/h2-6H,7-8H2,1H3,(H2,16,17,18,19). The molecule has 3 rings (SSSR count). The van der Waals surface area contributed by atoms with Crippen molar-refractivity contribution < 1.29 is 9.13 Å². The fourth-order valence-electron chi connectivity index (χ4n) is 2.00. The Balaban J connectivity index is 1.78. The summed E-state index contributed by atoms with van der Waals surface area (Å²) in [5.74, 6) is 1.30. The summed E-state index contributed by atoms with van der Waals surface area (Å²) in [5.41, 5.74) is 0.687. The molecule has 0 fully saturated rings. The second-order valence-corrected chi connectivity index (χ2v) is 4.63. The summed E-state index contributed by atoms with van der Waals surface area (Å²) in [7, 11) is 1.61. The predicted molar refractivity (Wildman–Crippen MR) is 78.7 cm³/mol. The molecule has 0 radical (unpaired) electrons. The van der Waals surface area contributed by atoms with Crippen LogP contribution in [-0.2, 0) is 13.2 Å². The summed E-state index contributed by atoms with van der Waals surface area (Å²) < 4.78 is 18.9. The number of hydrogen-bond donors (Lipinski definition) is 2. The van der Waals surface area contributed by atoms with Crippen molar-refractivity contribution in [2.45, 2.75) is 13.2 Å². The van der Waals surface area contributed by atoms with Gasteiger partial charge in [-0.05, 0) is 17.7 Å². The monoisotopic (exact) mass is 303 g/mol. The first-order valence-corrected chi connectivity index (χ1v) is 6.61. The number of benzene rings is 1. The van der Waals surface area contributed by atoms with E-state index < -0.39 is 12.2 Å². The van der Waals surface area contributed by atoms with Crippen LogP contribution >= 0.6 is 0 Å². The number of hydrogen-bond acceptors (Lipinski definition) is 5. The first-order chi connectivity index (χ1) is 10.7. The lowest BCUT2D eigenvalue weighted by atomic mass is 10.2. The fourth-order valence-corrected chi connectivity index (χ4v) is 2.00. The molecule has 3 aromatic rings. The third kappa shape index (κ3) is 2.76. The Bertz CT molecular complexity index is 841. The molecule has 0 aliphatic rings. The summed E-state index contributed by atoms with van der Waals surface area (Å²) in [5, 5.41) is 5.83. The lowest BCUT2D eigenvalue weighted by Crippen LogP contribution is -2.15. The van der Waals surface area contributed by atoms with Crippen LogP contribution in [0.5, 0.6) is 5.75 Å². The first-order valence-electron chi connectivity index (χ1n) is 6.61. The van der Waals surface area contributed by atoms with Gasteiger partial charge in [-0.2, -0.15) is 9.50 Å². The summed E-state index contributed by atoms with van der Waals surface area (Å²) >= 11 is 0. The zero-order valence-electron chi connectivity index (χ0n) is 11.8. The molecule has 0 aliphatic heterocycles. The Morgan fingerprint density at radius 3 is 2.77 bits per heavy atom. The molecular weight excluding hydrogens is 289 g/mol. The lowest BCUT2D eigenvalue weighted by molar-refractivity contribution is 0.414. The van der Waals surface area contributed by atoms with Crippen LogP contribution in [0.4, 0.5) is 10.3 Å². The quantitative estimate of drug-likeness (QED) is 0.746. The van der Waals surface area contributed by atoms with Gasteiger partial charge < -0.3 is 10.1 Å². The summed E-state index contributed by atoms with van der Waals surface area (Å²) in [6.07, 6.45) is 0. The maximum atomic E-state index is 12.6. The first kappa shape index (κ1) is 14.1. The Hall–Kier alpha value is -2.90. The number of aromatic nitrogens is 4. The summed E-state index contributed by atoms with van der Waals surface area (Å²) in [4.78, 5) is 19.8. The van der Waals surface area contributed by atoms with Crippen molar-refractivity contribution in [3.63, 3.8) is 0 Å². The molecule has 0 atom stereocenters. The number of fused-ring (bicyclic) bond motifs is 1. The number of aromatic amines is 1. The number of nitrogens with one attached hydrogen (secondary N) is 2. The molecule has 0 saturated carbocycles. The van der Waals surface area contributed by atoms with E-state index in [-0.39, 0.29) is 11.5 Å². The third-order valence-electron chi connectivity index (χ3n) is 3.14. The number of halogens is 1. The zero-order valence-corrected chi connectivity index (χ0v) is 11.8. The van der Waals surface area contributed by atoms with Crippen LogP contribution in [0.25, 0.3) is 5.78 Å². The third-order valence-corrected chi connectivity index (χ3v) is 3.14. The Morgan fingerprint density at radius 2 is 2.09 bits per heavy atom. The number of nitrogens with zero attached hydrogens (tertiary/aromatic N) is 3. The van der Waals surface area contributed by atoms with Crippen molar-refractivity contribution in [1.29, 1.82) is 0 Å². The lowest BCUT2D eigenvalue weighted by Gasteiger charge is -2.04. The van der Waals surface area contributed by atoms with Gasteiger partial charge in [0.1, 0.15) is 12.4 Å². The largest absolute Gasteiger partial charge is 0.497 e. The van der Waals surface area contributed by atoms with Crippen LogP contribution in [0.2, 0.25) is 0 Å². The van der Waals surface area contributed by atoms with E-state index >= 15 is 0 Å². The fraction of sp³-hybridized carbons (Fsp3) is 0.214. The molecule has 2 N–H and O–H groups in total. The molecule has 7 nitrogen and oxygen atoms in total. The maximum absolute atomic E-state index is 12.6. The van der Waals surface area contributed by atoms with Crippen LogP contribution in [0.3, 0.4) is 0 Å². The smallest absolute Gasteiger partial charge is 0.274 e. The van der Waals surface area contributed by atoms with Crippen LogP contribution in [0, 0.1) is 0 Å². The van der Waals surface area contributed by atoms with Gasteiger partial charge in [0.25, 0.3) is 11.3 Å². The minimum atomic E-state index is -0.798. The Morgan fingerprint density at radius 1 is 1.32 bits per heavy atom. The highest BCUT2D eigenvalue weighted by molar-refractivity contribution is 5.38. The molecule has 0 amide bonds. The van der Waals surface area contributed by atoms with Gasteiger partial charge in [-0.15, -0.1) is 0 Å². The molecule has 1 aromatic carbocycles. The van der Waals surface area contributed by atoms with E-state index in [1.54, 1.807) is 7.11 Å². The normalized spacial score (nSPS) is 10.8. The predicted octanol–water partition coefficient (Wildman–Crippen LogP) is 1.51. The van der Waals surface area contributed by atoms with E-state index in [9.17, 15) is 9.18 Å². The molecule has 0 aliphatic carbocycles. The van der Waals surface area contributed by atoms with Crippen molar-refractivity contribution >= 4 is 11.7 Å². The number of H-pyrrole nitrogens is 1. The number of rotatable bonds is 5. The van der Waals surface area contributed by atoms with Crippen molar-refractivity contribution in [3.05, 3.63) is 51.9 Å². The Labute approximate surface area is 124 Å². The average Bonchev–Trinajstić information content (AvgIpc) is 2.97. The van der Waals surface area contributed by atoms with Crippen molar-refractivity contribution in [2.75, 3.05) is 12.4 Å². The molecule has 2 heterocycles. The minimum absolute atomic E-state index is 0.0678.